The highest BCUT2D eigenvalue weighted by molar-refractivity contribution is 5.90. The van der Waals surface area contributed by atoms with Crippen molar-refractivity contribution in [1.29, 1.82) is 0 Å². The second kappa shape index (κ2) is 5.07. The van der Waals surface area contributed by atoms with E-state index in [-0.39, 0.29) is 17.6 Å². The molecule has 0 aliphatic heterocycles. The van der Waals surface area contributed by atoms with Gasteiger partial charge in [-0.25, -0.2) is 4.79 Å². The van der Waals surface area contributed by atoms with Crippen LogP contribution >= 0.6 is 0 Å². The smallest absolute Gasteiger partial charge is 0.408 e. The molecular formula is C17H22N2O3. The Balaban J connectivity index is 1.79. The number of carbonyl (C=O) groups is 2. The number of hydrogen-bond acceptors (Lipinski definition) is 4. The lowest BCUT2D eigenvalue weighted by Gasteiger charge is -2.24. The third-order valence-corrected chi connectivity index (χ3v) is 4.33. The summed E-state index contributed by atoms with van der Waals surface area (Å²) in [5, 5.41) is 2.76. The minimum atomic E-state index is -0.570. The maximum atomic E-state index is 12.5. The fraction of sp³-hybridized carbons (Fsp3) is 0.588. The molecule has 1 unspecified atom stereocenters. The van der Waals surface area contributed by atoms with Gasteiger partial charge < -0.3 is 10.1 Å². The van der Waals surface area contributed by atoms with E-state index in [4.69, 9.17) is 4.74 Å². The van der Waals surface area contributed by atoms with Crippen molar-refractivity contribution in [3.63, 3.8) is 0 Å². The Kier molecular flexibility index (Phi) is 3.46. The Morgan fingerprint density at radius 2 is 2.14 bits per heavy atom. The zero-order chi connectivity index (χ0) is 16.0. The summed E-state index contributed by atoms with van der Waals surface area (Å²) in [7, 11) is 0. The molecule has 1 atom stereocenters. The summed E-state index contributed by atoms with van der Waals surface area (Å²) in [6.07, 6.45) is 4.21. The number of alkyl carbamates (subject to hydrolysis) is 1. The lowest BCUT2D eigenvalue weighted by molar-refractivity contribution is -0.120. The summed E-state index contributed by atoms with van der Waals surface area (Å²) in [4.78, 5) is 28.8. The predicted octanol–water partition coefficient (Wildman–Crippen LogP) is 2.52. The van der Waals surface area contributed by atoms with Gasteiger partial charge in [-0.05, 0) is 57.1 Å². The number of ether oxygens (including phenoxy) is 1. The van der Waals surface area contributed by atoms with Crippen LogP contribution in [0.2, 0.25) is 0 Å². The lowest BCUT2D eigenvalue weighted by Crippen LogP contribution is -2.44. The van der Waals surface area contributed by atoms with Gasteiger partial charge in [0.15, 0.2) is 5.78 Å². The highest BCUT2D eigenvalue weighted by Crippen LogP contribution is 2.53. The molecule has 0 saturated heterocycles. The van der Waals surface area contributed by atoms with Gasteiger partial charge in [0.05, 0.1) is 18.2 Å². The molecule has 1 aromatic heterocycles. The standard InChI is InChI=1S/C17H22N2O3/c1-16(2,3)22-15(21)19-13-10-17(6-7-17)11-5-4-8-18-12(11)9-14(13)20/h4-5,8,13H,6-7,9-10H2,1-3H3,(H,19,21). The molecule has 5 heteroatoms. The largest absolute Gasteiger partial charge is 0.444 e. The zero-order valence-electron chi connectivity index (χ0n) is 13.3. The minimum Gasteiger partial charge on any atom is -0.444 e. The molecule has 1 amide bonds. The number of nitrogens with zero attached hydrogens (tertiary/aromatic N) is 1. The van der Waals surface area contributed by atoms with Crippen LogP contribution in [-0.2, 0) is 21.4 Å². The van der Waals surface area contributed by atoms with Crippen LogP contribution < -0.4 is 5.32 Å². The molecule has 1 N–H and O–H groups in total. The van der Waals surface area contributed by atoms with Crippen molar-refractivity contribution in [3.05, 3.63) is 29.6 Å². The lowest BCUT2D eigenvalue weighted by atomic mass is 9.90. The van der Waals surface area contributed by atoms with Crippen molar-refractivity contribution in [2.75, 3.05) is 0 Å². The van der Waals surface area contributed by atoms with Crippen LogP contribution in [0.25, 0.3) is 0 Å². The average Bonchev–Trinajstić information content (AvgIpc) is 3.17. The topological polar surface area (TPSA) is 68.3 Å². The third kappa shape index (κ3) is 2.98. The van der Waals surface area contributed by atoms with Crippen LogP contribution in [0.5, 0.6) is 0 Å². The van der Waals surface area contributed by atoms with Gasteiger partial charge in [0.25, 0.3) is 0 Å². The summed E-state index contributed by atoms with van der Waals surface area (Å²) in [5.41, 5.74) is 1.48. The average molecular weight is 302 g/mol. The number of rotatable bonds is 1. The number of Topliss-reactive ketones (excluding diaryl/α,β-unsaturated/α-hetero) is 1. The van der Waals surface area contributed by atoms with Crippen molar-refractivity contribution in [1.82, 2.24) is 10.3 Å². The third-order valence-electron chi connectivity index (χ3n) is 4.33. The van der Waals surface area contributed by atoms with Crippen LogP contribution in [0.4, 0.5) is 4.79 Å². The first-order valence-corrected chi connectivity index (χ1v) is 7.76. The normalized spacial score (nSPS) is 22.7. The van der Waals surface area contributed by atoms with E-state index in [0.29, 0.717) is 6.42 Å². The number of nitrogens with one attached hydrogen (secondary N) is 1. The van der Waals surface area contributed by atoms with E-state index in [1.807, 2.05) is 26.8 Å². The van der Waals surface area contributed by atoms with E-state index in [1.54, 1.807) is 6.20 Å². The molecule has 22 heavy (non-hydrogen) atoms. The molecule has 2 aliphatic carbocycles. The Morgan fingerprint density at radius 3 is 2.77 bits per heavy atom. The second-order valence-corrected chi connectivity index (χ2v) is 7.32. The Labute approximate surface area is 130 Å². The summed E-state index contributed by atoms with van der Waals surface area (Å²) in [5.74, 6) is 0.00887. The van der Waals surface area contributed by atoms with Crippen molar-refractivity contribution in [2.24, 2.45) is 0 Å². The summed E-state index contributed by atoms with van der Waals surface area (Å²) >= 11 is 0. The van der Waals surface area contributed by atoms with Gasteiger partial charge in [-0.1, -0.05) is 6.07 Å². The van der Waals surface area contributed by atoms with E-state index < -0.39 is 17.7 Å². The van der Waals surface area contributed by atoms with Crippen LogP contribution in [0.1, 0.15) is 51.3 Å². The number of fused-ring (bicyclic) bond motifs is 2. The molecule has 0 radical (unpaired) electrons. The monoisotopic (exact) mass is 302 g/mol. The van der Waals surface area contributed by atoms with E-state index in [2.05, 4.69) is 16.4 Å². The van der Waals surface area contributed by atoms with Crippen LogP contribution in [0, 0.1) is 0 Å². The van der Waals surface area contributed by atoms with Gasteiger partial charge >= 0.3 is 6.09 Å². The zero-order valence-corrected chi connectivity index (χ0v) is 13.3. The van der Waals surface area contributed by atoms with Gasteiger partial charge in [0.1, 0.15) is 5.60 Å². The molecule has 1 saturated carbocycles. The first-order valence-electron chi connectivity index (χ1n) is 7.76. The van der Waals surface area contributed by atoms with Gasteiger partial charge in [-0.2, -0.15) is 0 Å². The molecule has 2 aliphatic rings. The van der Waals surface area contributed by atoms with Gasteiger partial charge in [-0.15, -0.1) is 0 Å². The fourth-order valence-electron chi connectivity index (χ4n) is 3.17. The predicted molar refractivity (Wildman–Crippen MR) is 81.6 cm³/mol. The van der Waals surface area contributed by atoms with Crippen LogP contribution in [0.3, 0.4) is 0 Å². The summed E-state index contributed by atoms with van der Waals surface area (Å²) in [6, 6.07) is 3.50. The molecular weight excluding hydrogens is 280 g/mol. The van der Waals surface area contributed by atoms with Crippen LogP contribution in [0.15, 0.2) is 18.3 Å². The Morgan fingerprint density at radius 1 is 1.41 bits per heavy atom. The molecule has 5 nitrogen and oxygen atoms in total. The Hall–Kier alpha value is -1.91. The highest BCUT2D eigenvalue weighted by atomic mass is 16.6. The number of amides is 1. The van der Waals surface area contributed by atoms with E-state index in [9.17, 15) is 9.59 Å². The van der Waals surface area contributed by atoms with E-state index in [1.165, 1.54) is 5.56 Å². The fourth-order valence-corrected chi connectivity index (χ4v) is 3.17. The van der Waals surface area contributed by atoms with E-state index in [0.717, 1.165) is 18.5 Å². The first-order chi connectivity index (χ1) is 10.3. The molecule has 1 fully saturated rings. The maximum Gasteiger partial charge on any atom is 0.408 e. The SMILES string of the molecule is CC(C)(C)OC(=O)NC1CC2(CC2)c2cccnc2CC1=O. The van der Waals surface area contributed by atoms with Crippen molar-refractivity contribution in [2.45, 2.75) is 63.5 Å². The van der Waals surface area contributed by atoms with Crippen molar-refractivity contribution >= 4 is 11.9 Å². The second-order valence-electron chi connectivity index (χ2n) is 7.32. The summed E-state index contributed by atoms with van der Waals surface area (Å²) < 4.78 is 5.28. The number of ketones is 1. The quantitative estimate of drug-likeness (QED) is 0.865. The van der Waals surface area contributed by atoms with Crippen molar-refractivity contribution in [3.8, 4) is 0 Å². The summed E-state index contributed by atoms with van der Waals surface area (Å²) in [6.45, 7) is 5.43. The molecule has 0 bridgehead atoms. The van der Waals surface area contributed by atoms with Crippen molar-refractivity contribution < 1.29 is 14.3 Å². The number of hydrogen-bond donors (Lipinski definition) is 1. The number of carbonyl (C=O) groups excluding carboxylic acids is 2. The molecule has 0 aromatic carbocycles. The molecule has 118 valence electrons. The number of aromatic nitrogens is 1. The van der Waals surface area contributed by atoms with Gasteiger partial charge in [-0.3, -0.25) is 9.78 Å². The van der Waals surface area contributed by atoms with E-state index >= 15 is 0 Å². The minimum absolute atomic E-state index is 0.00887. The van der Waals surface area contributed by atoms with Gasteiger partial charge in [0.2, 0.25) is 0 Å². The highest BCUT2D eigenvalue weighted by Gasteiger charge is 2.50. The molecule has 1 aromatic rings. The number of pyridine rings is 1. The first kappa shape index (κ1) is 15.0. The molecule has 3 rings (SSSR count). The maximum absolute atomic E-state index is 12.5. The Bertz CT molecular complexity index is 615. The van der Waals surface area contributed by atoms with Gasteiger partial charge in [0, 0.05) is 6.20 Å². The van der Waals surface area contributed by atoms with Crippen LogP contribution in [-0.4, -0.2) is 28.5 Å². The molecule has 1 spiro atoms. The molecule has 1 heterocycles.